The molecule has 0 aliphatic rings. The van der Waals surface area contributed by atoms with E-state index >= 15 is 0 Å². The fourth-order valence-corrected chi connectivity index (χ4v) is 2.63. The van der Waals surface area contributed by atoms with Crippen LogP contribution in [-0.2, 0) is 13.0 Å². The number of nitrogens with one attached hydrogen (secondary N) is 1. The van der Waals surface area contributed by atoms with Crippen molar-refractivity contribution in [1.82, 2.24) is 4.98 Å². The maximum Gasteiger partial charge on any atom is 0.0702 e. The summed E-state index contributed by atoms with van der Waals surface area (Å²) in [6.07, 6.45) is 11.1. The van der Waals surface area contributed by atoms with E-state index in [9.17, 15) is 5.11 Å². The first kappa shape index (κ1) is 14.1. The molecular formula is C17H25NO. The molecule has 0 aliphatic heterocycles. The molecule has 0 bridgehead atoms. The second-order valence-electron chi connectivity index (χ2n) is 5.37. The van der Waals surface area contributed by atoms with Crippen LogP contribution in [0.5, 0.6) is 0 Å². The molecule has 0 saturated carbocycles. The number of H-pyrrole nitrogens is 1. The van der Waals surface area contributed by atoms with E-state index in [0.717, 1.165) is 22.9 Å². The topological polar surface area (TPSA) is 36.0 Å². The quantitative estimate of drug-likeness (QED) is 0.670. The van der Waals surface area contributed by atoms with Gasteiger partial charge in [-0.2, -0.15) is 0 Å². The standard InChI is InChI=1S/C17H25NO/c1-2-3-4-5-6-7-8-14-9-10-16-15(13-19)12-18-17(16)11-14/h9-12,18-19H,2-8,13H2,1H3. The van der Waals surface area contributed by atoms with Crippen LogP contribution in [0.15, 0.2) is 24.4 Å². The Morgan fingerprint density at radius 2 is 1.84 bits per heavy atom. The third-order valence-corrected chi connectivity index (χ3v) is 3.82. The highest BCUT2D eigenvalue weighted by Crippen LogP contribution is 2.20. The zero-order chi connectivity index (χ0) is 13.5. The first-order valence-corrected chi connectivity index (χ1v) is 7.55. The lowest BCUT2D eigenvalue weighted by Crippen LogP contribution is -1.87. The van der Waals surface area contributed by atoms with Gasteiger partial charge >= 0.3 is 0 Å². The van der Waals surface area contributed by atoms with E-state index in [1.165, 1.54) is 44.1 Å². The average Bonchev–Trinajstić information content (AvgIpc) is 2.85. The molecule has 1 heterocycles. The fourth-order valence-electron chi connectivity index (χ4n) is 2.63. The number of hydrogen-bond acceptors (Lipinski definition) is 1. The van der Waals surface area contributed by atoms with Crippen molar-refractivity contribution < 1.29 is 5.11 Å². The Bertz CT molecular complexity index is 501. The number of hydrogen-bond donors (Lipinski definition) is 2. The number of aromatic amines is 1. The van der Waals surface area contributed by atoms with Crippen LogP contribution in [0.2, 0.25) is 0 Å². The monoisotopic (exact) mass is 259 g/mol. The van der Waals surface area contributed by atoms with Gasteiger partial charge in [-0.1, -0.05) is 51.2 Å². The molecule has 1 aromatic heterocycles. The molecule has 0 unspecified atom stereocenters. The van der Waals surface area contributed by atoms with E-state index in [-0.39, 0.29) is 6.61 Å². The van der Waals surface area contributed by atoms with Crippen molar-refractivity contribution in [2.45, 2.75) is 58.5 Å². The zero-order valence-electron chi connectivity index (χ0n) is 11.9. The predicted molar refractivity (Wildman–Crippen MR) is 81.3 cm³/mol. The summed E-state index contributed by atoms with van der Waals surface area (Å²) in [6, 6.07) is 6.55. The molecule has 0 saturated heterocycles. The molecule has 2 N–H and O–H groups in total. The van der Waals surface area contributed by atoms with Crippen molar-refractivity contribution in [2.24, 2.45) is 0 Å². The first-order valence-electron chi connectivity index (χ1n) is 7.55. The number of fused-ring (bicyclic) bond motifs is 1. The molecule has 0 radical (unpaired) electrons. The number of rotatable bonds is 8. The van der Waals surface area contributed by atoms with Gasteiger partial charge < -0.3 is 10.1 Å². The summed E-state index contributed by atoms with van der Waals surface area (Å²) in [7, 11) is 0. The van der Waals surface area contributed by atoms with Crippen LogP contribution in [0.25, 0.3) is 10.9 Å². The Labute approximate surface area is 115 Å². The maximum absolute atomic E-state index is 9.22. The summed E-state index contributed by atoms with van der Waals surface area (Å²) in [5.41, 5.74) is 3.53. The van der Waals surface area contributed by atoms with Crippen LogP contribution in [0, 0.1) is 0 Å². The van der Waals surface area contributed by atoms with E-state index in [4.69, 9.17) is 0 Å². The SMILES string of the molecule is CCCCCCCCc1ccc2c(CO)c[nH]c2c1. The molecule has 0 spiro atoms. The lowest BCUT2D eigenvalue weighted by atomic mass is 10.0. The van der Waals surface area contributed by atoms with Gasteiger partial charge in [-0.3, -0.25) is 0 Å². The Morgan fingerprint density at radius 1 is 1.05 bits per heavy atom. The Balaban J connectivity index is 1.84. The smallest absolute Gasteiger partial charge is 0.0702 e. The lowest BCUT2D eigenvalue weighted by Gasteiger charge is -2.03. The highest BCUT2D eigenvalue weighted by Gasteiger charge is 2.03. The van der Waals surface area contributed by atoms with Gasteiger partial charge in [0.2, 0.25) is 0 Å². The molecule has 104 valence electrons. The number of benzene rings is 1. The van der Waals surface area contributed by atoms with Gasteiger partial charge in [0.1, 0.15) is 0 Å². The third kappa shape index (κ3) is 3.84. The van der Waals surface area contributed by atoms with Crippen molar-refractivity contribution in [3.05, 3.63) is 35.5 Å². The Kier molecular flexibility index (Phi) is 5.46. The fraction of sp³-hybridized carbons (Fsp3) is 0.529. The summed E-state index contributed by atoms with van der Waals surface area (Å²) in [5, 5.41) is 10.4. The van der Waals surface area contributed by atoms with Gasteiger partial charge in [-0.15, -0.1) is 0 Å². The maximum atomic E-state index is 9.22. The molecule has 2 aromatic rings. The van der Waals surface area contributed by atoms with E-state index < -0.39 is 0 Å². The van der Waals surface area contributed by atoms with Crippen LogP contribution in [-0.4, -0.2) is 10.1 Å². The largest absolute Gasteiger partial charge is 0.392 e. The van der Waals surface area contributed by atoms with E-state index in [1.807, 2.05) is 6.20 Å². The zero-order valence-corrected chi connectivity index (χ0v) is 11.9. The first-order chi connectivity index (χ1) is 9.35. The van der Waals surface area contributed by atoms with Crippen LogP contribution < -0.4 is 0 Å². The number of aryl methyl sites for hydroxylation is 1. The van der Waals surface area contributed by atoms with Crippen molar-refractivity contribution >= 4 is 10.9 Å². The van der Waals surface area contributed by atoms with Crippen molar-refractivity contribution in [3.8, 4) is 0 Å². The number of aromatic nitrogens is 1. The number of unbranched alkanes of at least 4 members (excludes halogenated alkanes) is 5. The molecule has 2 heteroatoms. The lowest BCUT2D eigenvalue weighted by molar-refractivity contribution is 0.283. The highest BCUT2D eigenvalue weighted by atomic mass is 16.3. The Morgan fingerprint density at radius 3 is 2.63 bits per heavy atom. The highest BCUT2D eigenvalue weighted by molar-refractivity contribution is 5.83. The van der Waals surface area contributed by atoms with Gasteiger partial charge in [-0.25, -0.2) is 0 Å². The molecule has 0 amide bonds. The van der Waals surface area contributed by atoms with Gasteiger partial charge in [-0.05, 0) is 24.5 Å². The molecule has 2 nitrogen and oxygen atoms in total. The summed E-state index contributed by atoms with van der Waals surface area (Å²) < 4.78 is 0. The Hall–Kier alpha value is -1.28. The average molecular weight is 259 g/mol. The molecule has 0 aliphatic carbocycles. The minimum Gasteiger partial charge on any atom is -0.392 e. The van der Waals surface area contributed by atoms with Crippen molar-refractivity contribution in [1.29, 1.82) is 0 Å². The molecule has 0 fully saturated rings. The molecule has 1 aromatic carbocycles. The van der Waals surface area contributed by atoms with Crippen LogP contribution in [0.1, 0.15) is 56.6 Å². The van der Waals surface area contributed by atoms with E-state index in [2.05, 4.69) is 30.1 Å². The molecule has 0 atom stereocenters. The van der Waals surface area contributed by atoms with E-state index in [1.54, 1.807) is 0 Å². The molecular weight excluding hydrogens is 234 g/mol. The van der Waals surface area contributed by atoms with Crippen LogP contribution >= 0.6 is 0 Å². The van der Waals surface area contributed by atoms with Gasteiger partial charge in [0.15, 0.2) is 0 Å². The van der Waals surface area contributed by atoms with Gasteiger partial charge in [0.05, 0.1) is 6.61 Å². The van der Waals surface area contributed by atoms with Crippen molar-refractivity contribution in [2.75, 3.05) is 0 Å². The number of aliphatic hydroxyl groups is 1. The molecule has 19 heavy (non-hydrogen) atoms. The second kappa shape index (κ2) is 7.34. The van der Waals surface area contributed by atoms with Crippen LogP contribution in [0.3, 0.4) is 0 Å². The minimum atomic E-state index is 0.108. The van der Waals surface area contributed by atoms with Gasteiger partial charge in [0.25, 0.3) is 0 Å². The van der Waals surface area contributed by atoms with E-state index in [0.29, 0.717) is 0 Å². The summed E-state index contributed by atoms with van der Waals surface area (Å²) >= 11 is 0. The second-order valence-corrected chi connectivity index (χ2v) is 5.37. The minimum absolute atomic E-state index is 0.108. The third-order valence-electron chi connectivity index (χ3n) is 3.82. The van der Waals surface area contributed by atoms with Crippen molar-refractivity contribution in [3.63, 3.8) is 0 Å². The van der Waals surface area contributed by atoms with Crippen LogP contribution in [0.4, 0.5) is 0 Å². The summed E-state index contributed by atoms with van der Waals surface area (Å²) in [4.78, 5) is 3.24. The number of aliphatic hydroxyl groups excluding tert-OH is 1. The summed E-state index contributed by atoms with van der Waals surface area (Å²) in [5.74, 6) is 0. The molecule has 2 rings (SSSR count). The van der Waals surface area contributed by atoms with Gasteiger partial charge in [0, 0.05) is 22.7 Å². The summed E-state index contributed by atoms with van der Waals surface area (Å²) in [6.45, 7) is 2.36. The predicted octanol–water partition coefficient (Wildman–Crippen LogP) is 4.56. The normalized spacial score (nSPS) is 11.3.